The maximum atomic E-state index is 9.96. The standard InChI is InChI=1S/C14H12ClNO2.ClH/c1-8-13(17)12-7-18-14(11(12)6-16-8)9-2-4-10(15)5-3-9;/h2-6,14,17H,7H2,1H3;1H. The number of halogens is 2. The molecule has 19 heavy (non-hydrogen) atoms. The summed E-state index contributed by atoms with van der Waals surface area (Å²) in [5.74, 6) is 0.240. The highest BCUT2D eigenvalue weighted by molar-refractivity contribution is 6.30. The minimum absolute atomic E-state index is 0. The van der Waals surface area contributed by atoms with Crippen LogP contribution in [-0.2, 0) is 11.3 Å². The molecule has 1 unspecified atom stereocenters. The molecule has 0 radical (unpaired) electrons. The Hall–Kier alpha value is -1.29. The van der Waals surface area contributed by atoms with E-state index >= 15 is 0 Å². The van der Waals surface area contributed by atoms with E-state index in [1.165, 1.54) is 0 Å². The van der Waals surface area contributed by atoms with Gasteiger partial charge in [-0.15, -0.1) is 12.4 Å². The lowest BCUT2D eigenvalue weighted by molar-refractivity contribution is 0.0932. The smallest absolute Gasteiger partial charge is 0.142 e. The summed E-state index contributed by atoms with van der Waals surface area (Å²) in [4.78, 5) is 4.19. The molecule has 0 amide bonds. The first-order valence-electron chi connectivity index (χ1n) is 5.71. The molecule has 1 aliphatic heterocycles. The molecular weight excluding hydrogens is 285 g/mol. The summed E-state index contributed by atoms with van der Waals surface area (Å²) in [6, 6.07) is 7.53. The van der Waals surface area contributed by atoms with Crippen LogP contribution in [0.5, 0.6) is 5.75 Å². The van der Waals surface area contributed by atoms with Crippen LogP contribution in [0.4, 0.5) is 0 Å². The number of aromatic nitrogens is 1. The number of ether oxygens (including phenoxy) is 1. The molecule has 0 saturated carbocycles. The van der Waals surface area contributed by atoms with Crippen LogP contribution in [0.3, 0.4) is 0 Å². The van der Waals surface area contributed by atoms with Gasteiger partial charge in [0, 0.05) is 22.3 Å². The molecule has 0 bridgehead atoms. The van der Waals surface area contributed by atoms with E-state index < -0.39 is 0 Å². The quantitative estimate of drug-likeness (QED) is 0.871. The number of hydrogen-bond donors (Lipinski definition) is 1. The zero-order chi connectivity index (χ0) is 12.7. The van der Waals surface area contributed by atoms with Crippen LogP contribution < -0.4 is 0 Å². The van der Waals surface area contributed by atoms with Crippen molar-refractivity contribution in [1.82, 2.24) is 4.98 Å². The third-order valence-electron chi connectivity index (χ3n) is 3.22. The van der Waals surface area contributed by atoms with Crippen LogP contribution in [0.25, 0.3) is 0 Å². The number of hydrogen-bond acceptors (Lipinski definition) is 3. The largest absolute Gasteiger partial charge is 0.506 e. The zero-order valence-electron chi connectivity index (χ0n) is 10.3. The van der Waals surface area contributed by atoms with Gasteiger partial charge in [-0.3, -0.25) is 4.98 Å². The van der Waals surface area contributed by atoms with E-state index in [1.807, 2.05) is 24.3 Å². The van der Waals surface area contributed by atoms with Gasteiger partial charge in [-0.2, -0.15) is 0 Å². The molecule has 1 aromatic heterocycles. The second-order valence-corrected chi connectivity index (χ2v) is 4.81. The predicted octanol–water partition coefficient (Wildman–Crippen LogP) is 3.79. The molecule has 1 N–H and O–H groups in total. The number of aromatic hydroxyl groups is 1. The van der Waals surface area contributed by atoms with E-state index in [0.29, 0.717) is 17.3 Å². The van der Waals surface area contributed by atoms with Gasteiger partial charge in [0.15, 0.2) is 0 Å². The van der Waals surface area contributed by atoms with Crippen LogP contribution in [0, 0.1) is 6.92 Å². The fourth-order valence-corrected chi connectivity index (χ4v) is 2.33. The molecule has 2 aromatic rings. The lowest BCUT2D eigenvalue weighted by Crippen LogP contribution is -1.99. The first kappa shape index (κ1) is 14.1. The molecule has 1 aliphatic rings. The average Bonchev–Trinajstić information content (AvgIpc) is 2.79. The van der Waals surface area contributed by atoms with Gasteiger partial charge in [0.1, 0.15) is 11.9 Å². The molecule has 3 rings (SSSR count). The number of rotatable bonds is 1. The van der Waals surface area contributed by atoms with E-state index in [9.17, 15) is 5.11 Å². The summed E-state index contributed by atoms with van der Waals surface area (Å²) in [5.41, 5.74) is 3.42. The highest BCUT2D eigenvalue weighted by Gasteiger charge is 2.28. The molecule has 1 aromatic carbocycles. The van der Waals surface area contributed by atoms with Gasteiger partial charge in [-0.05, 0) is 24.6 Å². The van der Waals surface area contributed by atoms with Gasteiger partial charge in [0.25, 0.3) is 0 Å². The van der Waals surface area contributed by atoms with Crippen LogP contribution in [-0.4, -0.2) is 10.1 Å². The molecule has 3 nitrogen and oxygen atoms in total. The zero-order valence-corrected chi connectivity index (χ0v) is 11.8. The molecule has 0 saturated heterocycles. The van der Waals surface area contributed by atoms with Crippen LogP contribution >= 0.6 is 24.0 Å². The third-order valence-corrected chi connectivity index (χ3v) is 3.48. The van der Waals surface area contributed by atoms with Crippen molar-refractivity contribution < 1.29 is 9.84 Å². The highest BCUT2D eigenvalue weighted by Crippen LogP contribution is 2.40. The van der Waals surface area contributed by atoms with Gasteiger partial charge < -0.3 is 9.84 Å². The topological polar surface area (TPSA) is 42.4 Å². The van der Waals surface area contributed by atoms with Crippen LogP contribution in [0.15, 0.2) is 30.5 Å². The van der Waals surface area contributed by atoms with Gasteiger partial charge in [-0.25, -0.2) is 0 Å². The Morgan fingerprint density at radius 1 is 1.32 bits per heavy atom. The second kappa shape index (κ2) is 5.37. The first-order chi connectivity index (χ1) is 8.66. The summed E-state index contributed by atoms with van der Waals surface area (Å²) >= 11 is 5.87. The van der Waals surface area contributed by atoms with Crippen molar-refractivity contribution in [1.29, 1.82) is 0 Å². The lowest BCUT2D eigenvalue weighted by atomic mass is 10.0. The van der Waals surface area contributed by atoms with Crippen molar-refractivity contribution in [2.75, 3.05) is 0 Å². The first-order valence-corrected chi connectivity index (χ1v) is 6.09. The minimum Gasteiger partial charge on any atom is -0.506 e. The maximum Gasteiger partial charge on any atom is 0.142 e. The summed E-state index contributed by atoms with van der Waals surface area (Å²) in [6.07, 6.45) is 1.60. The average molecular weight is 298 g/mol. The summed E-state index contributed by atoms with van der Waals surface area (Å²) < 4.78 is 5.74. The van der Waals surface area contributed by atoms with Gasteiger partial charge in [-0.1, -0.05) is 23.7 Å². The Morgan fingerprint density at radius 2 is 2.00 bits per heavy atom. The third kappa shape index (κ3) is 2.41. The van der Waals surface area contributed by atoms with Gasteiger partial charge >= 0.3 is 0 Å². The monoisotopic (exact) mass is 297 g/mol. The number of pyridine rings is 1. The number of fused-ring (bicyclic) bond motifs is 1. The van der Waals surface area contributed by atoms with E-state index in [2.05, 4.69) is 4.98 Å². The molecule has 5 heteroatoms. The van der Waals surface area contributed by atoms with Crippen molar-refractivity contribution in [3.05, 3.63) is 57.9 Å². The molecule has 0 fully saturated rings. The maximum absolute atomic E-state index is 9.96. The van der Waals surface area contributed by atoms with E-state index in [-0.39, 0.29) is 24.3 Å². The van der Waals surface area contributed by atoms with Crippen LogP contribution in [0.2, 0.25) is 5.02 Å². The fourth-order valence-electron chi connectivity index (χ4n) is 2.21. The Kier molecular flexibility index (Phi) is 3.99. The molecule has 1 atom stereocenters. The molecule has 0 aliphatic carbocycles. The molecule has 2 heterocycles. The van der Waals surface area contributed by atoms with Crippen molar-refractivity contribution in [2.24, 2.45) is 0 Å². The van der Waals surface area contributed by atoms with E-state index in [0.717, 1.165) is 16.7 Å². The summed E-state index contributed by atoms with van der Waals surface area (Å²) in [5, 5.41) is 10.7. The van der Waals surface area contributed by atoms with Crippen molar-refractivity contribution in [2.45, 2.75) is 19.6 Å². The fraction of sp³-hybridized carbons (Fsp3) is 0.214. The van der Waals surface area contributed by atoms with Crippen molar-refractivity contribution in [3.63, 3.8) is 0 Å². The Bertz CT molecular complexity index is 599. The number of nitrogens with zero attached hydrogens (tertiary/aromatic N) is 1. The Balaban J connectivity index is 0.00000133. The summed E-state index contributed by atoms with van der Waals surface area (Å²) in [6.45, 7) is 2.20. The van der Waals surface area contributed by atoms with Crippen LogP contribution in [0.1, 0.15) is 28.5 Å². The second-order valence-electron chi connectivity index (χ2n) is 4.37. The summed E-state index contributed by atoms with van der Waals surface area (Å²) in [7, 11) is 0. The van der Waals surface area contributed by atoms with Crippen molar-refractivity contribution >= 4 is 24.0 Å². The molecular formula is C14H13Cl2NO2. The van der Waals surface area contributed by atoms with E-state index in [1.54, 1.807) is 13.1 Å². The Labute approximate surface area is 122 Å². The number of aryl methyl sites for hydroxylation is 1. The van der Waals surface area contributed by atoms with E-state index in [4.69, 9.17) is 16.3 Å². The lowest BCUT2D eigenvalue weighted by Gasteiger charge is -2.11. The highest BCUT2D eigenvalue weighted by atomic mass is 35.5. The van der Waals surface area contributed by atoms with Gasteiger partial charge in [0.05, 0.1) is 12.3 Å². The van der Waals surface area contributed by atoms with Gasteiger partial charge in [0.2, 0.25) is 0 Å². The Morgan fingerprint density at radius 3 is 2.68 bits per heavy atom. The molecule has 100 valence electrons. The molecule has 0 spiro atoms. The SMILES string of the molecule is Cc1ncc2c(c1O)COC2c1ccc(Cl)cc1.Cl. The normalized spacial score (nSPS) is 16.8. The van der Waals surface area contributed by atoms with Crippen molar-refractivity contribution in [3.8, 4) is 5.75 Å². The predicted molar refractivity (Wildman–Crippen MR) is 76.0 cm³/mol. The number of benzene rings is 1. The minimum atomic E-state index is -0.170.